The number of hydrogen-bond acceptors (Lipinski definition) is 6. The number of ether oxygens (including phenoxy) is 2. The Balaban J connectivity index is 3.21. The highest BCUT2D eigenvalue weighted by atomic mass is 32.2. The molecule has 0 spiro atoms. The fourth-order valence-electron chi connectivity index (χ4n) is 1.25. The van der Waals surface area contributed by atoms with Gasteiger partial charge >= 0.3 is 11.9 Å². The van der Waals surface area contributed by atoms with Crippen LogP contribution in [-0.2, 0) is 19.1 Å². The number of carbonyl (C=O) groups excluding carboxylic acids is 2. The van der Waals surface area contributed by atoms with Crippen molar-refractivity contribution in [3.05, 3.63) is 24.3 Å². The molecule has 126 valence electrons. The van der Waals surface area contributed by atoms with Gasteiger partial charge in [0, 0.05) is 22.7 Å². The van der Waals surface area contributed by atoms with Crippen molar-refractivity contribution in [2.75, 3.05) is 36.2 Å². The summed E-state index contributed by atoms with van der Waals surface area (Å²) >= 11 is 3.57. The van der Waals surface area contributed by atoms with Gasteiger partial charge in [-0.15, -0.1) is 0 Å². The molecule has 0 amide bonds. The van der Waals surface area contributed by atoms with E-state index >= 15 is 0 Å². The van der Waals surface area contributed by atoms with Crippen LogP contribution in [0.5, 0.6) is 0 Å². The van der Waals surface area contributed by atoms with Gasteiger partial charge in [0.15, 0.2) is 0 Å². The van der Waals surface area contributed by atoms with Crippen molar-refractivity contribution in [2.45, 2.75) is 26.7 Å². The van der Waals surface area contributed by atoms with Crippen LogP contribution in [0.2, 0.25) is 0 Å². The van der Waals surface area contributed by atoms with Gasteiger partial charge in [-0.2, -0.15) is 23.5 Å². The normalized spacial score (nSPS) is 10.1. The maximum absolute atomic E-state index is 11.1. The highest BCUT2D eigenvalue weighted by molar-refractivity contribution is 7.99. The first kappa shape index (κ1) is 21.1. The summed E-state index contributed by atoms with van der Waals surface area (Å²) in [4.78, 5) is 22.2. The zero-order valence-electron chi connectivity index (χ0n) is 13.5. The minimum absolute atomic E-state index is 0.315. The van der Waals surface area contributed by atoms with Crippen molar-refractivity contribution >= 4 is 35.5 Å². The van der Waals surface area contributed by atoms with Crippen LogP contribution in [0.15, 0.2) is 24.3 Å². The molecule has 0 saturated carbocycles. The van der Waals surface area contributed by atoms with Crippen LogP contribution in [0.3, 0.4) is 0 Å². The Kier molecular flexibility index (Phi) is 13.2. The zero-order chi connectivity index (χ0) is 16.8. The molecule has 0 unspecified atom stereocenters. The van der Waals surface area contributed by atoms with Crippen LogP contribution in [0, 0.1) is 0 Å². The van der Waals surface area contributed by atoms with Crippen molar-refractivity contribution in [3.63, 3.8) is 0 Å². The standard InChI is InChI=1S/C16H26O4S2/c1-13(2)15(17)19-7-11-21-9-5-6-10-22-12-8-20-16(18)14(3)4/h1,3,5-12H2,2,4H3. The predicted molar refractivity (Wildman–Crippen MR) is 95.4 cm³/mol. The van der Waals surface area contributed by atoms with E-state index in [0.717, 1.165) is 35.9 Å². The molecule has 0 bridgehead atoms. The highest BCUT2D eigenvalue weighted by Gasteiger charge is 2.03. The zero-order valence-corrected chi connectivity index (χ0v) is 15.2. The average molecular weight is 347 g/mol. The molecule has 6 heteroatoms. The van der Waals surface area contributed by atoms with E-state index in [4.69, 9.17) is 9.47 Å². The number of unbranched alkanes of at least 4 members (excludes halogenated alkanes) is 1. The number of esters is 2. The maximum atomic E-state index is 11.1. The smallest absolute Gasteiger partial charge is 0.333 e. The number of hydrogen-bond donors (Lipinski definition) is 0. The summed E-state index contributed by atoms with van der Waals surface area (Å²) < 4.78 is 10.0. The number of carbonyl (C=O) groups is 2. The van der Waals surface area contributed by atoms with Gasteiger partial charge in [0.1, 0.15) is 13.2 Å². The lowest BCUT2D eigenvalue weighted by Crippen LogP contribution is -2.08. The third-order valence-electron chi connectivity index (χ3n) is 2.45. The van der Waals surface area contributed by atoms with Crippen molar-refractivity contribution in [2.24, 2.45) is 0 Å². The van der Waals surface area contributed by atoms with Gasteiger partial charge in [-0.3, -0.25) is 0 Å². The van der Waals surface area contributed by atoms with E-state index < -0.39 is 0 Å². The molecule has 0 N–H and O–H groups in total. The quantitative estimate of drug-likeness (QED) is 0.289. The Morgan fingerprint density at radius 1 is 0.773 bits per heavy atom. The van der Waals surface area contributed by atoms with Crippen molar-refractivity contribution in [1.82, 2.24) is 0 Å². The summed E-state index contributed by atoms with van der Waals surface area (Å²) in [6.07, 6.45) is 2.27. The van der Waals surface area contributed by atoms with Crippen LogP contribution in [0.1, 0.15) is 26.7 Å². The molecule has 0 aromatic rings. The molecular weight excluding hydrogens is 320 g/mol. The topological polar surface area (TPSA) is 52.6 Å². The van der Waals surface area contributed by atoms with Gasteiger partial charge in [0.25, 0.3) is 0 Å². The summed E-state index contributed by atoms with van der Waals surface area (Å²) in [6.45, 7) is 11.2. The Bertz CT molecular complexity index is 344. The lowest BCUT2D eigenvalue weighted by atomic mass is 10.4. The van der Waals surface area contributed by atoms with Crippen LogP contribution < -0.4 is 0 Å². The van der Waals surface area contributed by atoms with E-state index in [9.17, 15) is 9.59 Å². The van der Waals surface area contributed by atoms with Crippen LogP contribution in [0.25, 0.3) is 0 Å². The molecule has 0 aliphatic rings. The van der Waals surface area contributed by atoms with Crippen molar-refractivity contribution in [1.29, 1.82) is 0 Å². The molecule has 0 aliphatic heterocycles. The first-order chi connectivity index (χ1) is 10.4. The van der Waals surface area contributed by atoms with Crippen molar-refractivity contribution < 1.29 is 19.1 Å². The van der Waals surface area contributed by atoms with Gasteiger partial charge in [-0.25, -0.2) is 9.59 Å². The lowest BCUT2D eigenvalue weighted by Gasteiger charge is -2.05. The molecule has 0 atom stereocenters. The third-order valence-corrected chi connectivity index (χ3v) is 4.51. The number of rotatable bonds is 13. The summed E-state index contributed by atoms with van der Waals surface area (Å²) in [6, 6.07) is 0. The first-order valence-corrected chi connectivity index (χ1v) is 9.57. The summed E-state index contributed by atoms with van der Waals surface area (Å²) in [5.41, 5.74) is 0.881. The third kappa shape index (κ3) is 12.8. The molecule has 0 fully saturated rings. The molecule has 0 aromatic heterocycles. The lowest BCUT2D eigenvalue weighted by molar-refractivity contribution is -0.139. The van der Waals surface area contributed by atoms with Gasteiger partial charge in [0.05, 0.1) is 0 Å². The van der Waals surface area contributed by atoms with Crippen molar-refractivity contribution in [3.8, 4) is 0 Å². The maximum Gasteiger partial charge on any atom is 0.333 e. The van der Waals surface area contributed by atoms with E-state index in [-0.39, 0.29) is 11.9 Å². The van der Waals surface area contributed by atoms with Crippen LogP contribution in [0.4, 0.5) is 0 Å². The monoisotopic (exact) mass is 346 g/mol. The van der Waals surface area contributed by atoms with Crippen LogP contribution in [-0.4, -0.2) is 48.2 Å². The fraction of sp³-hybridized carbons (Fsp3) is 0.625. The van der Waals surface area contributed by atoms with Gasteiger partial charge in [-0.1, -0.05) is 13.2 Å². The molecule has 0 aliphatic carbocycles. The van der Waals surface area contributed by atoms with Gasteiger partial charge < -0.3 is 9.47 Å². The molecular formula is C16H26O4S2. The summed E-state index contributed by atoms with van der Waals surface area (Å²) in [5.74, 6) is 3.14. The molecule has 22 heavy (non-hydrogen) atoms. The molecule has 0 heterocycles. The van der Waals surface area contributed by atoms with E-state index in [0.29, 0.717) is 24.4 Å². The molecule has 0 aromatic carbocycles. The Morgan fingerprint density at radius 3 is 1.45 bits per heavy atom. The van der Waals surface area contributed by atoms with Crippen LogP contribution >= 0.6 is 23.5 Å². The summed E-state index contributed by atoms with van der Waals surface area (Å²) in [7, 11) is 0. The van der Waals surface area contributed by atoms with E-state index in [1.54, 1.807) is 37.4 Å². The predicted octanol–water partition coefficient (Wildman–Crippen LogP) is 3.47. The number of thioether (sulfide) groups is 2. The Labute approximate surface area is 142 Å². The largest absolute Gasteiger partial charge is 0.461 e. The Hall–Kier alpha value is -0.880. The molecule has 0 radical (unpaired) electrons. The van der Waals surface area contributed by atoms with Gasteiger partial charge in [-0.05, 0) is 38.2 Å². The Morgan fingerprint density at radius 2 is 1.14 bits per heavy atom. The SMILES string of the molecule is C=C(C)C(=O)OCCSCCCCSCCOC(=O)C(=C)C. The second-order valence-electron chi connectivity index (χ2n) is 4.76. The minimum atomic E-state index is -0.315. The average Bonchev–Trinajstić information content (AvgIpc) is 2.47. The molecule has 0 saturated heterocycles. The fourth-order valence-corrected chi connectivity index (χ4v) is 2.87. The molecule has 0 rings (SSSR count). The first-order valence-electron chi connectivity index (χ1n) is 7.26. The molecule has 4 nitrogen and oxygen atoms in total. The van der Waals surface area contributed by atoms with E-state index in [1.807, 2.05) is 0 Å². The second-order valence-corrected chi connectivity index (χ2v) is 7.21. The van der Waals surface area contributed by atoms with E-state index in [2.05, 4.69) is 13.2 Å². The second kappa shape index (κ2) is 13.8. The van der Waals surface area contributed by atoms with Gasteiger partial charge in [0.2, 0.25) is 0 Å². The van der Waals surface area contributed by atoms with E-state index in [1.165, 1.54) is 0 Å². The summed E-state index contributed by atoms with van der Waals surface area (Å²) in [5, 5.41) is 0. The highest BCUT2D eigenvalue weighted by Crippen LogP contribution is 2.09. The minimum Gasteiger partial charge on any atom is -0.461 e.